The summed E-state index contributed by atoms with van der Waals surface area (Å²) in [5.74, 6) is 1.02. The maximum absolute atomic E-state index is 12.4. The Morgan fingerprint density at radius 3 is 2.77 bits per heavy atom. The van der Waals surface area contributed by atoms with E-state index in [9.17, 15) is 4.79 Å². The number of aromatic nitrogens is 2. The van der Waals surface area contributed by atoms with Gasteiger partial charge < -0.3 is 10.1 Å². The molecule has 1 amide bonds. The molecule has 1 N–H and O–H groups in total. The van der Waals surface area contributed by atoms with E-state index in [1.165, 1.54) is 23.1 Å². The summed E-state index contributed by atoms with van der Waals surface area (Å²) in [5, 5.41) is 7.32. The van der Waals surface area contributed by atoms with Gasteiger partial charge in [0.15, 0.2) is 5.13 Å². The molecule has 0 unspecified atom stereocenters. The van der Waals surface area contributed by atoms with Gasteiger partial charge in [0.1, 0.15) is 10.8 Å². The topological polar surface area (TPSA) is 64.1 Å². The first-order chi connectivity index (χ1) is 14.6. The van der Waals surface area contributed by atoms with Crippen LogP contribution in [0.15, 0.2) is 65.0 Å². The molecule has 0 fully saturated rings. The maximum Gasteiger partial charge on any atom is 0.236 e. The van der Waals surface area contributed by atoms with Crippen LogP contribution in [-0.4, -0.2) is 28.2 Å². The third-order valence-electron chi connectivity index (χ3n) is 4.40. The highest BCUT2D eigenvalue weighted by Crippen LogP contribution is 2.28. The maximum atomic E-state index is 12.4. The lowest BCUT2D eigenvalue weighted by Gasteiger charge is -2.09. The highest BCUT2D eigenvalue weighted by molar-refractivity contribution is 8.00. The van der Waals surface area contributed by atoms with E-state index < -0.39 is 0 Å². The van der Waals surface area contributed by atoms with Crippen LogP contribution in [-0.2, 0) is 4.79 Å². The van der Waals surface area contributed by atoms with Crippen molar-refractivity contribution in [1.29, 1.82) is 0 Å². The fraction of sp³-hybridized carbons (Fsp3) is 0.174. The number of benzene rings is 2. The molecule has 0 spiro atoms. The number of hydrogen-bond acceptors (Lipinski definition) is 6. The number of carbonyl (C=O) groups is 1. The minimum Gasteiger partial charge on any atom is -0.494 e. The van der Waals surface area contributed by atoms with Crippen molar-refractivity contribution < 1.29 is 9.53 Å². The molecule has 5 nitrogen and oxygen atoms in total. The number of aryl methyl sites for hydroxylation is 1. The second-order valence-corrected chi connectivity index (χ2v) is 8.46. The van der Waals surface area contributed by atoms with Crippen molar-refractivity contribution >= 4 is 45.0 Å². The van der Waals surface area contributed by atoms with Crippen molar-refractivity contribution in [3.8, 4) is 17.0 Å². The number of thioether (sulfide) groups is 1. The molecule has 0 atom stereocenters. The molecule has 4 rings (SSSR count). The molecule has 152 valence electrons. The van der Waals surface area contributed by atoms with E-state index in [0.29, 0.717) is 11.7 Å². The highest BCUT2D eigenvalue weighted by Gasteiger charge is 2.11. The summed E-state index contributed by atoms with van der Waals surface area (Å²) in [6, 6.07) is 17.9. The molecular weight excluding hydrogens is 414 g/mol. The second kappa shape index (κ2) is 9.28. The molecule has 0 bridgehead atoms. The van der Waals surface area contributed by atoms with Crippen LogP contribution in [0.25, 0.3) is 22.2 Å². The molecule has 0 radical (unpaired) electrons. The number of hydrogen-bond donors (Lipinski definition) is 1. The van der Waals surface area contributed by atoms with E-state index in [2.05, 4.69) is 16.4 Å². The van der Waals surface area contributed by atoms with Crippen LogP contribution in [0.3, 0.4) is 0 Å². The molecular formula is C23H21N3O2S2. The van der Waals surface area contributed by atoms with E-state index in [1.54, 1.807) is 0 Å². The quantitative estimate of drug-likeness (QED) is 0.372. The average Bonchev–Trinajstić information content (AvgIpc) is 3.21. The largest absolute Gasteiger partial charge is 0.494 e. The van der Waals surface area contributed by atoms with Crippen LogP contribution in [0.4, 0.5) is 5.13 Å². The number of nitrogens with one attached hydrogen (secondary N) is 1. The minimum atomic E-state index is -0.0954. The molecule has 0 saturated heterocycles. The molecule has 2 aromatic heterocycles. The lowest BCUT2D eigenvalue weighted by Crippen LogP contribution is -2.14. The lowest BCUT2D eigenvalue weighted by atomic mass is 10.1. The van der Waals surface area contributed by atoms with Crippen LogP contribution in [0.1, 0.15) is 12.5 Å². The van der Waals surface area contributed by atoms with Gasteiger partial charge in [0.2, 0.25) is 5.91 Å². The molecule has 0 saturated carbocycles. The van der Waals surface area contributed by atoms with Gasteiger partial charge in [0, 0.05) is 16.3 Å². The summed E-state index contributed by atoms with van der Waals surface area (Å²) < 4.78 is 5.56. The first kappa shape index (κ1) is 20.4. The lowest BCUT2D eigenvalue weighted by molar-refractivity contribution is -0.113. The number of ether oxygens (including phenoxy) is 1. The summed E-state index contributed by atoms with van der Waals surface area (Å²) in [4.78, 5) is 21.6. The monoisotopic (exact) mass is 435 g/mol. The van der Waals surface area contributed by atoms with Gasteiger partial charge in [-0.1, -0.05) is 42.1 Å². The Bertz CT molecular complexity index is 1180. The highest BCUT2D eigenvalue weighted by atomic mass is 32.2. The standard InChI is InChI=1S/C23H21N3O2S2/c1-3-28-18-9-10-19-17(12-18)11-15(2)22(24-19)29-14-21(27)26-23-25-20(13-30-23)16-7-5-4-6-8-16/h4-13H,3,14H2,1-2H3,(H,25,26,27). The van der Waals surface area contributed by atoms with E-state index >= 15 is 0 Å². The molecule has 30 heavy (non-hydrogen) atoms. The van der Waals surface area contributed by atoms with Crippen molar-refractivity contribution in [3.63, 3.8) is 0 Å². The molecule has 2 heterocycles. The van der Waals surface area contributed by atoms with Gasteiger partial charge >= 0.3 is 0 Å². The number of pyridine rings is 1. The Hall–Kier alpha value is -2.90. The average molecular weight is 436 g/mol. The zero-order valence-electron chi connectivity index (χ0n) is 16.7. The molecule has 0 aliphatic carbocycles. The zero-order chi connectivity index (χ0) is 20.9. The molecule has 0 aliphatic rings. The zero-order valence-corrected chi connectivity index (χ0v) is 18.3. The van der Waals surface area contributed by atoms with Gasteiger partial charge in [-0.05, 0) is 43.7 Å². The number of rotatable bonds is 7. The number of thiazole rings is 1. The van der Waals surface area contributed by atoms with Crippen LogP contribution in [0, 0.1) is 6.92 Å². The Morgan fingerprint density at radius 2 is 1.97 bits per heavy atom. The van der Waals surface area contributed by atoms with Gasteiger partial charge in [-0.3, -0.25) is 4.79 Å². The normalized spacial score (nSPS) is 10.9. The molecule has 7 heteroatoms. The summed E-state index contributed by atoms with van der Waals surface area (Å²) in [6.07, 6.45) is 0. The van der Waals surface area contributed by atoms with E-state index in [-0.39, 0.29) is 11.7 Å². The summed E-state index contributed by atoms with van der Waals surface area (Å²) >= 11 is 2.85. The summed E-state index contributed by atoms with van der Waals surface area (Å²) in [6.45, 7) is 4.60. The fourth-order valence-corrected chi connectivity index (χ4v) is 4.53. The van der Waals surface area contributed by atoms with Crippen molar-refractivity contribution in [1.82, 2.24) is 9.97 Å². The van der Waals surface area contributed by atoms with Crippen LogP contribution >= 0.6 is 23.1 Å². The number of amides is 1. The predicted molar refractivity (Wildman–Crippen MR) is 125 cm³/mol. The van der Waals surface area contributed by atoms with Crippen LogP contribution < -0.4 is 10.1 Å². The minimum absolute atomic E-state index is 0.0954. The van der Waals surface area contributed by atoms with Gasteiger partial charge in [-0.15, -0.1) is 11.3 Å². The number of fused-ring (bicyclic) bond motifs is 1. The summed E-state index contributed by atoms with van der Waals surface area (Å²) in [5.41, 5.74) is 3.82. The Kier molecular flexibility index (Phi) is 6.30. The molecule has 0 aliphatic heterocycles. The second-order valence-electron chi connectivity index (χ2n) is 6.64. The van der Waals surface area contributed by atoms with Gasteiger partial charge in [0.25, 0.3) is 0 Å². The summed E-state index contributed by atoms with van der Waals surface area (Å²) in [7, 11) is 0. The number of nitrogens with zero attached hydrogens (tertiary/aromatic N) is 2. The third kappa shape index (κ3) is 4.80. The Balaban J connectivity index is 1.40. The number of anilines is 1. The molecule has 4 aromatic rings. The predicted octanol–water partition coefficient (Wildman–Crippen LogP) is 5.80. The Labute approximate surface area is 183 Å². The van der Waals surface area contributed by atoms with Crippen molar-refractivity contribution in [2.24, 2.45) is 0 Å². The Morgan fingerprint density at radius 1 is 1.13 bits per heavy atom. The van der Waals surface area contributed by atoms with Gasteiger partial charge in [-0.2, -0.15) is 0 Å². The first-order valence-corrected chi connectivity index (χ1v) is 11.5. The van der Waals surface area contributed by atoms with Crippen LogP contribution in [0.5, 0.6) is 5.75 Å². The van der Waals surface area contributed by atoms with Crippen LogP contribution in [0.2, 0.25) is 0 Å². The smallest absolute Gasteiger partial charge is 0.236 e. The van der Waals surface area contributed by atoms with E-state index in [4.69, 9.17) is 9.72 Å². The van der Waals surface area contributed by atoms with E-state index in [0.717, 1.165) is 38.5 Å². The number of carbonyl (C=O) groups excluding carboxylic acids is 1. The van der Waals surface area contributed by atoms with Crippen molar-refractivity contribution in [2.45, 2.75) is 18.9 Å². The first-order valence-electron chi connectivity index (χ1n) is 9.60. The van der Waals surface area contributed by atoms with E-state index in [1.807, 2.05) is 67.8 Å². The third-order valence-corrected chi connectivity index (χ3v) is 6.25. The van der Waals surface area contributed by atoms with Gasteiger partial charge in [-0.25, -0.2) is 9.97 Å². The van der Waals surface area contributed by atoms with Gasteiger partial charge in [0.05, 0.1) is 23.6 Å². The fourth-order valence-electron chi connectivity index (χ4n) is 3.01. The SMILES string of the molecule is CCOc1ccc2nc(SCC(=O)Nc3nc(-c4ccccc4)cs3)c(C)cc2c1. The van der Waals surface area contributed by atoms with Crippen molar-refractivity contribution in [3.05, 3.63) is 65.5 Å². The van der Waals surface area contributed by atoms with Crippen molar-refractivity contribution in [2.75, 3.05) is 17.7 Å². The molecule has 2 aromatic carbocycles.